The van der Waals surface area contributed by atoms with Crippen LogP contribution in [-0.4, -0.2) is 68.3 Å². The summed E-state index contributed by atoms with van der Waals surface area (Å²) in [5.41, 5.74) is 0. The highest BCUT2D eigenvalue weighted by Gasteiger charge is 2.26. The molecule has 0 aliphatic carbocycles. The number of unbranched alkanes of at least 4 members (excludes halogenated alkanes) is 24. The van der Waals surface area contributed by atoms with Crippen molar-refractivity contribution in [2.24, 2.45) is 0 Å². The minimum absolute atomic E-state index is 0.00699. The highest BCUT2D eigenvalue weighted by Crippen LogP contribution is 2.43. The summed E-state index contributed by atoms with van der Waals surface area (Å²) in [6, 6.07) is 0. The molecule has 0 saturated carbocycles. The number of allylic oxidation sites excluding steroid dienone is 4. The highest BCUT2D eigenvalue weighted by molar-refractivity contribution is 7.47. The molecule has 2 atom stereocenters. The van der Waals surface area contributed by atoms with Crippen LogP contribution >= 0.6 is 7.82 Å². The normalized spacial score (nSPS) is 13.6. The topological polar surface area (TPSA) is 112 Å². The van der Waals surface area contributed by atoms with Crippen molar-refractivity contribution in [1.82, 2.24) is 4.90 Å². The lowest BCUT2D eigenvalue weighted by Gasteiger charge is -2.20. The summed E-state index contributed by atoms with van der Waals surface area (Å²) in [7, 11) is -0.711. The second-order valence-electron chi connectivity index (χ2n) is 15.6. The fraction of sp³-hybridized carbons (Fsp3) is 0.867. The summed E-state index contributed by atoms with van der Waals surface area (Å²) in [5.74, 6) is -0.810. The average molecular weight is 800 g/mol. The first-order valence-electron chi connectivity index (χ1n) is 22.6. The van der Waals surface area contributed by atoms with E-state index in [4.69, 9.17) is 18.5 Å². The van der Waals surface area contributed by atoms with Gasteiger partial charge in [0.2, 0.25) is 0 Å². The maximum atomic E-state index is 12.7. The summed E-state index contributed by atoms with van der Waals surface area (Å²) in [4.78, 5) is 37.0. The van der Waals surface area contributed by atoms with Gasteiger partial charge in [0.15, 0.2) is 6.10 Å². The number of phosphoric ester groups is 1. The van der Waals surface area contributed by atoms with Crippen LogP contribution in [0.1, 0.15) is 206 Å². The van der Waals surface area contributed by atoms with Crippen molar-refractivity contribution in [3.05, 3.63) is 24.3 Å². The van der Waals surface area contributed by atoms with Crippen molar-refractivity contribution in [2.75, 3.05) is 40.5 Å². The van der Waals surface area contributed by atoms with E-state index in [2.05, 4.69) is 38.2 Å². The van der Waals surface area contributed by atoms with Crippen molar-refractivity contribution in [1.29, 1.82) is 0 Å². The molecule has 0 radical (unpaired) electrons. The first-order chi connectivity index (χ1) is 26.7. The van der Waals surface area contributed by atoms with Gasteiger partial charge < -0.3 is 19.3 Å². The lowest BCUT2D eigenvalue weighted by atomic mass is 10.1. The average Bonchev–Trinajstić information content (AvgIpc) is 3.15. The Bertz CT molecular complexity index is 973. The van der Waals surface area contributed by atoms with Crippen LogP contribution in [0, 0.1) is 0 Å². The lowest BCUT2D eigenvalue weighted by molar-refractivity contribution is -0.161. The molecular weight excluding hydrogens is 713 g/mol. The summed E-state index contributed by atoms with van der Waals surface area (Å²) in [6.07, 6.45) is 42.2. The fourth-order valence-corrected chi connectivity index (χ4v) is 6.95. The fourth-order valence-electron chi connectivity index (χ4n) is 6.21. The van der Waals surface area contributed by atoms with Crippen molar-refractivity contribution in [3.8, 4) is 0 Å². The van der Waals surface area contributed by atoms with E-state index in [0.29, 0.717) is 13.0 Å². The molecule has 10 heteroatoms. The zero-order valence-electron chi connectivity index (χ0n) is 36.1. The molecule has 0 aromatic rings. The molecule has 55 heavy (non-hydrogen) atoms. The van der Waals surface area contributed by atoms with Crippen LogP contribution < -0.4 is 0 Å². The Kier molecular flexibility index (Phi) is 39.6. The number of carbonyl (C=O) groups is 2. The van der Waals surface area contributed by atoms with Crippen LogP contribution in [0.4, 0.5) is 0 Å². The molecule has 1 N–H and O–H groups in total. The highest BCUT2D eigenvalue weighted by atomic mass is 31.2. The minimum atomic E-state index is -4.36. The molecule has 0 rings (SSSR count). The van der Waals surface area contributed by atoms with Gasteiger partial charge in [-0.2, -0.15) is 0 Å². The molecular formula is C45H86NO8P. The quantitative estimate of drug-likeness (QED) is 0.0279. The van der Waals surface area contributed by atoms with Crippen LogP contribution in [-0.2, 0) is 32.7 Å². The van der Waals surface area contributed by atoms with Gasteiger partial charge in [0.25, 0.3) is 0 Å². The second-order valence-corrected chi connectivity index (χ2v) is 17.0. The van der Waals surface area contributed by atoms with Crippen molar-refractivity contribution < 1.29 is 37.6 Å². The van der Waals surface area contributed by atoms with E-state index in [0.717, 1.165) is 57.8 Å². The van der Waals surface area contributed by atoms with Crippen LogP contribution in [0.2, 0.25) is 0 Å². The second kappa shape index (κ2) is 40.7. The maximum Gasteiger partial charge on any atom is 0.472 e. The molecule has 2 unspecified atom stereocenters. The van der Waals surface area contributed by atoms with Gasteiger partial charge in [-0.05, 0) is 78.3 Å². The van der Waals surface area contributed by atoms with E-state index >= 15 is 0 Å². The Hall–Kier alpha value is -1.51. The van der Waals surface area contributed by atoms with Crippen molar-refractivity contribution in [2.45, 2.75) is 213 Å². The van der Waals surface area contributed by atoms with Gasteiger partial charge in [-0.1, -0.05) is 154 Å². The summed E-state index contributed by atoms with van der Waals surface area (Å²) in [5, 5.41) is 0. The minimum Gasteiger partial charge on any atom is -0.462 e. The van der Waals surface area contributed by atoms with Gasteiger partial charge in [0.05, 0.1) is 13.2 Å². The SMILES string of the molecule is CCCCCC/C=C\CCCCCCCC(=O)OCC(COP(=O)(O)OCCN(C)C)OC(=O)CCCCCCCCCCC/C=C\CCCCCCCC. The largest absolute Gasteiger partial charge is 0.472 e. The number of hydrogen-bond acceptors (Lipinski definition) is 8. The number of likely N-dealkylation sites (N-methyl/N-ethyl adjacent to an activating group) is 1. The Labute approximate surface area is 338 Å². The third kappa shape index (κ3) is 41.9. The van der Waals surface area contributed by atoms with Gasteiger partial charge in [0, 0.05) is 19.4 Å². The molecule has 0 saturated heterocycles. The lowest BCUT2D eigenvalue weighted by Crippen LogP contribution is -2.29. The molecule has 0 aliphatic rings. The molecule has 0 heterocycles. The number of ether oxygens (including phenoxy) is 2. The smallest absolute Gasteiger partial charge is 0.462 e. The molecule has 0 bridgehead atoms. The first kappa shape index (κ1) is 53.5. The molecule has 0 fully saturated rings. The van der Waals surface area contributed by atoms with Crippen LogP contribution in [0.15, 0.2) is 24.3 Å². The zero-order valence-corrected chi connectivity index (χ0v) is 37.0. The molecule has 324 valence electrons. The molecule has 0 aromatic carbocycles. The summed E-state index contributed by atoms with van der Waals surface area (Å²) < 4.78 is 33.5. The Morgan fingerprint density at radius 3 is 1.36 bits per heavy atom. The third-order valence-electron chi connectivity index (χ3n) is 9.73. The van der Waals surface area contributed by atoms with Gasteiger partial charge in [-0.15, -0.1) is 0 Å². The van der Waals surface area contributed by atoms with Crippen LogP contribution in [0.5, 0.6) is 0 Å². The van der Waals surface area contributed by atoms with E-state index in [1.807, 2.05) is 19.0 Å². The zero-order chi connectivity index (χ0) is 40.5. The van der Waals surface area contributed by atoms with E-state index in [-0.39, 0.29) is 32.0 Å². The predicted molar refractivity (Wildman–Crippen MR) is 229 cm³/mol. The van der Waals surface area contributed by atoms with Crippen molar-refractivity contribution >= 4 is 19.8 Å². The monoisotopic (exact) mass is 800 g/mol. The number of rotatable bonds is 42. The Morgan fingerprint density at radius 2 is 0.927 bits per heavy atom. The Balaban J connectivity index is 4.24. The standard InChI is InChI=1S/C45H86NO8P/c1-5-7-9-11-13-15-17-19-20-21-22-23-24-26-28-30-32-34-36-38-45(48)54-43(42-53-55(49,50)52-40-39-46(3)4)41-51-44(47)37-35-33-31-29-27-25-18-16-14-12-10-8-6-2/h16,18-20,43H,5-15,17,21-42H2,1-4H3,(H,49,50)/b18-16-,20-19-. The number of phosphoric acid groups is 1. The third-order valence-corrected chi connectivity index (χ3v) is 10.7. The predicted octanol–water partition coefficient (Wildman–Crippen LogP) is 13.0. The van der Waals surface area contributed by atoms with Gasteiger partial charge in [-0.3, -0.25) is 18.6 Å². The number of hydrogen-bond donors (Lipinski definition) is 1. The number of carbonyl (C=O) groups excluding carboxylic acids is 2. The van der Waals surface area contributed by atoms with Crippen LogP contribution in [0.25, 0.3) is 0 Å². The van der Waals surface area contributed by atoms with E-state index in [9.17, 15) is 19.0 Å². The number of nitrogens with zero attached hydrogens (tertiary/aromatic N) is 1. The van der Waals surface area contributed by atoms with Crippen molar-refractivity contribution in [3.63, 3.8) is 0 Å². The van der Waals surface area contributed by atoms with Gasteiger partial charge in [0.1, 0.15) is 6.61 Å². The van der Waals surface area contributed by atoms with E-state index in [1.165, 1.54) is 116 Å². The Morgan fingerprint density at radius 1 is 0.545 bits per heavy atom. The molecule has 0 amide bonds. The van der Waals surface area contributed by atoms with Crippen LogP contribution in [0.3, 0.4) is 0 Å². The summed E-state index contributed by atoms with van der Waals surface area (Å²) >= 11 is 0. The first-order valence-corrected chi connectivity index (χ1v) is 24.1. The van der Waals surface area contributed by atoms with Gasteiger partial charge in [-0.25, -0.2) is 4.57 Å². The van der Waals surface area contributed by atoms with Gasteiger partial charge >= 0.3 is 19.8 Å². The molecule has 0 aromatic heterocycles. The van der Waals surface area contributed by atoms with E-state index in [1.54, 1.807) is 0 Å². The molecule has 9 nitrogen and oxygen atoms in total. The summed E-state index contributed by atoms with van der Waals surface area (Å²) in [6.45, 7) is 4.31. The van der Waals surface area contributed by atoms with E-state index < -0.39 is 26.5 Å². The maximum absolute atomic E-state index is 12.7. The molecule has 0 aliphatic heterocycles. The number of esters is 2. The molecule has 0 spiro atoms.